The Morgan fingerprint density at radius 2 is 1.70 bits per heavy atom. The standard InChI is InChI=1S/C14H11ClF3NO/c15-12-3-1-2-11(14(16,17)18)13(12)19-8-9-4-6-10(20)7-5-9/h1-7,19-20H,8H2. The Labute approximate surface area is 118 Å². The lowest BCUT2D eigenvalue weighted by molar-refractivity contribution is -0.136. The van der Waals surface area contributed by atoms with Gasteiger partial charge in [-0.3, -0.25) is 0 Å². The first kappa shape index (κ1) is 14.5. The van der Waals surface area contributed by atoms with Crippen LogP contribution >= 0.6 is 11.6 Å². The molecule has 0 aliphatic heterocycles. The van der Waals surface area contributed by atoms with Gasteiger partial charge in [-0.2, -0.15) is 13.2 Å². The molecule has 0 atom stereocenters. The van der Waals surface area contributed by atoms with Crippen molar-refractivity contribution in [2.24, 2.45) is 0 Å². The molecule has 0 amide bonds. The van der Waals surface area contributed by atoms with E-state index >= 15 is 0 Å². The lowest BCUT2D eigenvalue weighted by atomic mass is 10.1. The van der Waals surface area contributed by atoms with Crippen LogP contribution in [0.25, 0.3) is 0 Å². The second kappa shape index (κ2) is 5.63. The molecule has 6 heteroatoms. The quantitative estimate of drug-likeness (QED) is 0.863. The molecular formula is C14H11ClF3NO. The van der Waals surface area contributed by atoms with Gasteiger partial charge in [0, 0.05) is 6.54 Å². The number of rotatable bonds is 3. The maximum absolute atomic E-state index is 12.9. The van der Waals surface area contributed by atoms with E-state index in [2.05, 4.69) is 5.32 Å². The van der Waals surface area contributed by atoms with E-state index in [0.29, 0.717) is 0 Å². The lowest BCUT2D eigenvalue weighted by Gasteiger charge is -2.16. The third-order valence-corrected chi connectivity index (χ3v) is 3.04. The summed E-state index contributed by atoms with van der Waals surface area (Å²) in [5.74, 6) is 0.0995. The van der Waals surface area contributed by atoms with Crippen LogP contribution in [-0.4, -0.2) is 5.11 Å². The first-order chi connectivity index (χ1) is 9.38. The van der Waals surface area contributed by atoms with Gasteiger partial charge in [0.05, 0.1) is 16.3 Å². The number of phenolic OH excluding ortho intramolecular Hbond substituents is 1. The Balaban J connectivity index is 2.23. The van der Waals surface area contributed by atoms with Crippen molar-refractivity contribution in [2.75, 3.05) is 5.32 Å². The smallest absolute Gasteiger partial charge is 0.418 e. The van der Waals surface area contributed by atoms with Crippen LogP contribution in [-0.2, 0) is 12.7 Å². The number of hydrogen-bond donors (Lipinski definition) is 2. The summed E-state index contributed by atoms with van der Waals surface area (Å²) in [5, 5.41) is 11.8. The van der Waals surface area contributed by atoms with E-state index in [-0.39, 0.29) is 23.0 Å². The van der Waals surface area contributed by atoms with Crippen molar-refractivity contribution < 1.29 is 18.3 Å². The summed E-state index contributed by atoms with van der Waals surface area (Å²) in [6.45, 7) is 0.174. The van der Waals surface area contributed by atoms with Crippen molar-refractivity contribution in [1.82, 2.24) is 0 Å². The molecule has 2 aromatic carbocycles. The summed E-state index contributed by atoms with van der Waals surface area (Å²) in [7, 11) is 0. The summed E-state index contributed by atoms with van der Waals surface area (Å²) in [5.41, 5.74) is -0.214. The molecule has 20 heavy (non-hydrogen) atoms. The van der Waals surface area contributed by atoms with Crippen LogP contribution < -0.4 is 5.32 Å². The van der Waals surface area contributed by atoms with Gasteiger partial charge in [-0.1, -0.05) is 29.8 Å². The topological polar surface area (TPSA) is 32.3 Å². The van der Waals surface area contributed by atoms with Crippen molar-refractivity contribution in [3.63, 3.8) is 0 Å². The van der Waals surface area contributed by atoms with Crippen molar-refractivity contribution >= 4 is 17.3 Å². The number of para-hydroxylation sites is 1. The molecule has 0 saturated carbocycles. The first-order valence-corrected chi connectivity index (χ1v) is 6.13. The highest BCUT2D eigenvalue weighted by atomic mass is 35.5. The van der Waals surface area contributed by atoms with E-state index in [4.69, 9.17) is 16.7 Å². The Morgan fingerprint density at radius 3 is 2.30 bits per heavy atom. The molecular weight excluding hydrogens is 291 g/mol. The molecule has 0 radical (unpaired) electrons. The largest absolute Gasteiger partial charge is 0.508 e. The summed E-state index contributed by atoms with van der Waals surface area (Å²) in [6, 6.07) is 9.80. The van der Waals surface area contributed by atoms with Gasteiger partial charge in [0.15, 0.2) is 0 Å². The highest BCUT2D eigenvalue weighted by Crippen LogP contribution is 2.38. The highest BCUT2D eigenvalue weighted by Gasteiger charge is 2.34. The molecule has 0 bridgehead atoms. The fourth-order valence-electron chi connectivity index (χ4n) is 1.74. The van der Waals surface area contributed by atoms with E-state index in [1.807, 2.05) is 0 Å². The molecule has 2 aromatic rings. The molecule has 0 aliphatic rings. The minimum absolute atomic E-state index is 0.0126. The Morgan fingerprint density at radius 1 is 1.05 bits per heavy atom. The van der Waals surface area contributed by atoms with E-state index in [9.17, 15) is 13.2 Å². The van der Waals surface area contributed by atoms with Crippen LogP contribution in [0, 0.1) is 0 Å². The van der Waals surface area contributed by atoms with Crippen molar-refractivity contribution in [2.45, 2.75) is 12.7 Å². The van der Waals surface area contributed by atoms with Gasteiger partial charge >= 0.3 is 6.18 Å². The van der Waals surface area contributed by atoms with Crippen LogP contribution in [0.3, 0.4) is 0 Å². The molecule has 0 aromatic heterocycles. The summed E-state index contributed by atoms with van der Waals surface area (Å²) in [6.07, 6.45) is -4.47. The van der Waals surface area contributed by atoms with Crippen LogP contribution in [0.2, 0.25) is 5.02 Å². The fourth-order valence-corrected chi connectivity index (χ4v) is 1.99. The van der Waals surface area contributed by atoms with Crippen molar-refractivity contribution in [3.8, 4) is 5.75 Å². The predicted molar refractivity (Wildman–Crippen MR) is 71.9 cm³/mol. The van der Waals surface area contributed by atoms with E-state index in [0.717, 1.165) is 11.6 Å². The number of alkyl halides is 3. The molecule has 2 N–H and O–H groups in total. The number of benzene rings is 2. The number of aromatic hydroxyl groups is 1. The second-order valence-electron chi connectivity index (χ2n) is 4.18. The van der Waals surface area contributed by atoms with Crippen LogP contribution in [0.1, 0.15) is 11.1 Å². The fraction of sp³-hybridized carbons (Fsp3) is 0.143. The molecule has 2 rings (SSSR count). The van der Waals surface area contributed by atoms with Gasteiger partial charge < -0.3 is 10.4 Å². The van der Waals surface area contributed by atoms with Crippen molar-refractivity contribution in [1.29, 1.82) is 0 Å². The van der Waals surface area contributed by atoms with Gasteiger partial charge in [0.2, 0.25) is 0 Å². The summed E-state index contributed by atoms with van der Waals surface area (Å²) in [4.78, 5) is 0. The van der Waals surface area contributed by atoms with Gasteiger partial charge in [-0.25, -0.2) is 0 Å². The molecule has 0 heterocycles. The SMILES string of the molecule is Oc1ccc(CNc2c(Cl)cccc2C(F)(F)F)cc1. The number of halogens is 4. The molecule has 2 nitrogen and oxygen atoms in total. The maximum Gasteiger partial charge on any atom is 0.418 e. The Kier molecular flexibility index (Phi) is 4.09. The number of nitrogens with one attached hydrogen (secondary N) is 1. The zero-order valence-corrected chi connectivity index (χ0v) is 11.0. The van der Waals surface area contributed by atoms with Crippen LogP contribution in [0.5, 0.6) is 5.75 Å². The monoisotopic (exact) mass is 301 g/mol. The van der Waals surface area contributed by atoms with E-state index in [1.165, 1.54) is 24.3 Å². The van der Waals surface area contributed by atoms with E-state index < -0.39 is 11.7 Å². The minimum Gasteiger partial charge on any atom is -0.508 e. The Bertz CT molecular complexity index is 596. The zero-order chi connectivity index (χ0) is 14.8. The van der Waals surface area contributed by atoms with Gasteiger partial charge in [0.1, 0.15) is 5.75 Å². The molecule has 0 spiro atoms. The summed E-state index contributed by atoms with van der Waals surface area (Å²) < 4.78 is 38.6. The molecule has 106 valence electrons. The van der Waals surface area contributed by atoms with Gasteiger partial charge in [-0.15, -0.1) is 0 Å². The number of anilines is 1. The number of hydrogen-bond acceptors (Lipinski definition) is 2. The molecule has 0 aliphatic carbocycles. The Hall–Kier alpha value is -1.88. The normalized spacial score (nSPS) is 11.4. The zero-order valence-electron chi connectivity index (χ0n) is 10.2. The van der Waals surface area contributed by atoms with E-state index in [1.54, 1.807) is 12.1 Å². The average Bonchev–Trinajstić information content (AvgIpc) is 2.38. The van der Waals surface area contributed by atoms with Crippen molar-refractivity contribution in [3.05, 3.63) is 58.6 Å². The average molecular weight is 302 g/mol. The van der Waals surface area contributed by atoms with Gasteiger partial charge in [0.25, 0.3) is 0 Å². The highest BCUT2D eigenvalue weighted by molar-refractivity contribution is 6.33. The molecule has 0 saturated heterocycles. The third kappa shape index (κ3) is 3.36. The second-order valence-corrected chi connectivity index (χ2v) is 4.59. The number of phenols is 1. The van der Waals surface area contributed by atoms with Crippen LogP contribution in [0.4, 0.5) is 18.9 Å². The minimum atomic E-state index is -4.47. The van der Waals surface area contributed by atoms with Crippen LogP contribution in [0.15, 0.2) is 42.5 Å². The summed E-state index contributed by atoms with van der Waals surface area (Å²) >= 11 is 5.82. The maximum atomic E-state index is 12.9. The third-order valence-electron chi connectivity index (χ3n) is 2.72. The molecule has 0 fully saturated rings. The predicted octanol–water partition coefficient (Wildman–Crippen LogP) is 4.68. The lowest BCUT2D eigenvalue weighted by Crippen LogP contribution is -2.11. The van der Waals surface area contributed by atoms with Gasteiger partial charge in [-0.05, 0) is 29.8 Å². The first-order valence-electron chi connectivity index (χ1n) is 5.75. The molecule has 0 unspecified atom stereocenters.